The van der Waals surface area contributed by atoms with Crippen molar-refractivity contribution in [3.8, 4) is 0 Å². The first-order valence-electron chi connectivity index (χ1n) is 10.2. The highest BCUT2D eigenvalue weighted by Crippen LogP contribution is 2.41. The highest BCUT2D eigenvalue weighted by molar-refractivity contribution is 7.91. The molecule has 3 N–H and O–H groups in total. The quantitative estimate of drug-likeness (QED) is 0.292. The fourth-order valence-electron chi connectivity index (χ4n) is 3.26. The summed E-state index contributed by atoms with van der Waals surface area (Å²) in [5.41, 5.74) is -0.181. The summed E-state index contributed by atoms with van der Waals surface area (Å²) in [7, 11) is -3.97. The van der Waals surface area contributed by atoms with Crippen LogP contribution in [0.1, 0.15) is 37.3 Å². The summed E-state index contributed by atoms with van der Waals surface area (Å²) in [4.78, 5) is 23.3. The van der Waals surface area contributed by atoms with E-state index in [4.69, 9.17) is 27.9 Å². The first kappa shape index (κ1) is 25.4. The molecule has 0 spiro atoms. The highest BCUT2D eigenvalue weighted by Gasteiger charge is 2.28. The number of nitrogens with zero attached hydrogens (tertiary/aromatic N) is 2. The molecule has 1 aromatic carbocycles. The van der Waals surface area contributed by atoms with Crippen molar-refractivity contribution >= 4 is 66.6 Å². The van der Waals surface area contributed by atoms with Crippen molar-refractivity contribution in [2.24, 2.45) is 0 Å². The molecule has 4 rings (SSSR count). The molecule has 4 aromatic rings. The van der Waals surface area contributed by atoms with E-state index in [1.807, 2.05) is 0 Å². The Bertz CT molecular complexity index is 1510. The van der Waals surface area contributed by atoms with Gasteiger partial charge in [-0.2, -0.15) is 0 Å². The van der Waals surface area contributed by atoms with E-state index in [0.29, 0.717) is 0 Å². The van der Waals surface area contributed by atoms with Crippen LogP contribution in [0.3, 0.4) is 0 Å². The molecule has 0 radical (unpaired) electrons. The van der Waals surface area contributed by atoms with Crippen LogP contribution in [0.5, 0.6) is 0 Å². The number of aromatic amines is 1. The van der Waals surface area contributed by atoms with Crippen molar-refractivity contribution < 1.29 is 23.1 Å². The topological polar surface area (TPSA) is 134 Å². The van der Waals surface area contributed by atoms with Crippen molar-refractivity contribution in [1.82, 2.24) is 15.0 Å². The molecule has 0 unspecified atom stereocenters. The van der Waals surface area contributed by atoms with Gasteiger partial charge in [0.05, 0.1) is 14.8 Å². The van der Waals surface area contributed by atoms with Crippen molar-refractivity contribution in [1.29, 1.82) is 0 Å². The fourth-order valence-corrected chi connectivity index (χ4v) is 6.31. The zero-order valence-electron chi connectivity index (χ0n) is 18.7. The van der Waals surface area contributed by atoms with Gasteiger partial charge < -0.3 is 14.8 Å². The van der Waals surface area contributed by atoms with E-state index in [0.717, 1.165) is 11.3 Å². The summed E-state index contributed by atoms with van der Waals surface area (Å²) in [5.74, 6) is 0. The average molecular weight is 555 g/mol. The predicted molar refractivity (Wildman–Crippen MR) is 134 cm³/mol. The van der Waals surface area contributed by atoms with Gasteiger partial charge in [-0.25, -0.2) is 23.2 Å². The molecular formula is C22H20Cl2N4O5S2. The van der Waals surface area contributed by atoms with Crippen LogP contribution < -0.4 is 5.32 Å². The number of sulfone groups is 1. The van der Waals surface area contributed by atoms with Crippen LogP contribution in [-0.2, 0) is 14.6 Å². The molecule has 0 aliphatic heterocycles. The molecule has 35 heavy (non-hydrogen) atoms. The van der Waals surface area contributed by atoms with Crippen LogP contribution in [0.25, 0.3) is 11.0 Å². The number of carbonyl (C=O) groups excluding carboxylic acids is 1. The predicted octanol–water partition coefficient (Wildman–Crippen LogP) is 5.59. The first-order chi connectivity index (χ1) is 16.4. The number of nitrogens with one attached hydrogen (secondary N) is 2. The van der Waals surface area contributed by atoms with Gasteiger partial charge >= 0.3 is 6.09 Å². The number of aliphatic hydroxyl groups is 1. The third-order valence-electron chi connectivity index (χ3n) is 4.74. The number of carbonyl (C=O) groups is 1. The number of fused-ring (bicyclic) bond motifs is 1. The van der Waals surface area contributed by atoms with E-state index >= 15 is 0 Å². The lowest BCUT2D eigenvalue weighted by Crippen LogP contribution is -2.27. The number of amides is 1. The SMILES string of the molecule is CC(C)(C)OC(=O)Nc1nc(Cl)c([C@@H](O)c2c[nH]c3ncc(S(=O)(=O)c4ccccc4)c(Cl)c23)s1. The van der Waals surface area contributed by atoms with Crippen molar-refractivity contribution in [3.63, 3.8) is 0 Å². The summed E-state index contributed by atoms with van der Waals surface area (Å²) in [5, 5.41) is 13.8. The van der Waals surface area contributed by atoms with Gasteiger partial charge in [0, 0.05) is 23.3 Å². The third-order valence-corrected chi connectivity index (χ3v) is 8.45. The fraction of sp³-hybridized carbons (Fsp3) is 0.227. The second-order valence-electron chi connectivity index (χ2n) is 8.42. The van der Waals surface area contributed by atoms with E-state index in [2.05, 4.69) is 20.3 Å². The molecule has 184 valence electrons. The van der Waals surface area contributed by atoms with Crippen molar-refractivity contribution in [2.75, 3.05) is 5.32 Å². The molecule has 0 bridgehead atoms. The molecule has 3 heterocycles. The molecule has 0 saturated heterocycles. The minimum absolute atomic E-state index is 0.0416. The molecule has 9 nitrogen and oxygen atoms in total. The van der Waals surface area contributed by atoms with Gasteiger partial charge in [-0.15, -0.1) is 0 Å². The Balaban J connectivity index is 1.72. The average Bonchev–Trinajstić information content (AvgIpc) is 3.36. The number of hydrogen-bond donors (Lipinski definition) is 3. The first-order valence-corrected chi connectivity index (χ1v) is 13.2. The van der Waals surface area contributed by atoms with Gasteiger partial charge in [0.15, 0.2) is 5.13 Å². The highest BCUT2D eigenvalue weighted by atomic mass is 35.5. The summed E-state index contributed by atoms with van der Waals surface area (Å²) < 4.78 is 31.5. The Labute approximate surface area is 215 Å². The van der Waals surface area contributed by atoms with E-state index < -0.39 is 27.6 Å². The largest absolute Gasteiger partial charge is 0.444 e. The number of thiazole rings is 1. The normalized spacial score (nSPS) is 13.1. The van der Waals surface area contributed by atoms with Gasteiger partial charge in [-0.3, -0.25) is 5.32 Å². The summed E-state index contributed by atoms with van der Waals surface area (Å²) in [6.45, 7) is 5.16. The Morgan fingerprint density at radius 3 is 2.57 bits per heavy atom. The van der Waals surface area contributed by atoms with Crippen LogP contribution >= 0.6 is 34.5 Å². The maximum absolute atomic E-state index is 13.2. The van der Waals surface area contributed by atoms with Crippen LogP contribution in [0, 0.1) is 0 Å². The number of H-pyrrole nitrogens is 1. The van der Waals surface area contributed by atoms with Gasteiger partial charge in [0.2, 0.25) is 9.84 Å². The Morgan fingerprint density at radius 2 is 1.91 bits per heavy atom. The number of benzene rings is 1. The summed E-state index contributed by atoms with van der Waals surface area (Å²) >= 11 is 13.7. The van der Waals surface area contributed by atoms with Crippen LogP contribution in [0.15, 0.2) is 52.5 Å². The molecule has 1 atom stereocenters. The molecular weight excluding hydrogens is 535 g/mol. The number of anilines is 1. The molecule has 13 heteroatoms. The van der Waals surface area contributed by atoms with E-state index in [-0.39, 0.29) is 46.6 Å². The number of pyridine rings is 1. The van der Waals surface area contributed by atoms with Gasteiger partial charge in [-0.1, -0.05) is 52.7 Å². The number of halogens is 2. The lowest BCUT2D eigenvalue weighted by Gasteiger charge is -2.18. The monoisotopic (exact) mass is 554 g/mol. The zero-order valence-corrected chi connectivity index (χ0v) is 21.8. The lowest BCUT2D eigenvalue weighted by atomic mass is 10.1. The second-order valence-corrected chi connectivity index (χ2v) is 12.1. The summed E-state index contributed by atoms with van der Waals surface area (Å²) in [6.07, 6.45) is 0.572. The number of aliphatic hydroxyl groups excluding tert-OH is 1. The van der Waals surface area contributed by atoms with Crippen molar-refractivity contribution in [2.45, 2.75) is 42.3 Å². The smallest absolute Gasteiger partial charge is 0.413 e. The third kappa shape index (κ3) is 5.14. The minimum Gasteiger partial charge on any atom is -0.444 e. The molecule has 0 aliphatic carbocycles. The molecule has 3 aromatic heterocycles. The Kier molecular flexibility index (Phi) is 6.82. The number of hydrogen-bond acceptors (Lipinski definition) is 8. The zero-order chi connectivity index (χ0) is 25.5. The van der Waals surface area contributed by atoms with Crippen LogP contribution in [0.4, 0.5) is 9.93 Å². The standard InChI is InChI=1S/C22H20Cl2N4O5S2/c1-22(2,3)33-21(30)28-20-27-18(24)17(34-20)16(29)12-9-25-19-14(12)15(23)13(10-26-19)35(31,32)11-7-5-4-6-8-11/h4-10,16,29H,1-3H3,(H,25,26)(H,27,28,30)/t16-/m0/s1. The second kappa shape index (κ2) is 9.40. The van der Waals surface area contributed by atoms with Gasteiger partial charge in [-0.05, 0) is 32.9 Å². The maximum atomic E-state index is 13.2. The molecule has 0 saturated carbocycles. The van der Waals surface area contributed by atoms with E-state index in [1.54, 1.807) is 39.0 Å². The van der Waals surface area contributed by atoms with Crippen molar-refractivity contribution in [3.05, 3.63) is 63.3 Å². The van der Waals surface area contributed by atoms with Gasteiger partial charge in [0.25, 0.3) is 0 Å². The minimum atomic E-state index is -3.97. The molecule has 1 amide bonds. The van der Waals surface area contributed by atoms with Crippen LogP contribution in [0.2, 0.25) is 10.2 Å². The van der Waals surface area contributed by atoms with Gasteiger partial charge in [0.1, 0.15) is 27.4 Å². The molecule has 0 fully saturated rings. The lowest BCUT2D eigenvalue weighted by molar-refractivity contribution is 0.0636. The number of aromatic nitrogens is 3. The van der Waals surface area contributed by atoms with E-state index in [9.17, 15) is 18.3 Å². The van der Waals surface area contributed by atoms with Crippen LogP contribution in [-0.4, -0.2) is 40.2 Å². The molecule has 0 aliphatic rings. The van der Waals surface area contributed by atoms with E-state index in [1.165, 1.54) is 24.5 Å². The maximum Gasteiger partial charge on any atom is 0.413 e. The Hall–Kier alpha value is -2.70. The number of rotatable bonds is 5. The number of ether oxygens (including phenoxy) is 1. The Morgan fingerprint density at radius 1 is 1.23 bits per heavy atom. The summed E-state index contributed by atoms with van der Waals surface area (Å²) in [6, 6.07) is 7.82.